The summed E-state index contributed by atoms with van der Waals surface area (Å²) in [5, 5.41) is 7.48. The molecular weight excluding hydrogens is 366 g/mol. The Kier molecular flexibility index (Phi) is 4.64. The van der Waals surface area contributed by atoms with Gasteiger partial charge >= 0.3 is 0 Å². The van der Waals surface area contributed by atoms with Gasteiger partial charge in [-0.2, -0.15) is 11.3 Å². The molecule has 0 atom stereocenters. The van der Waals surface area contributed by atoms with E-state index in [2.05, 4.69) is 28.3 Å². The largest absolute Gasteiger partial charge is 0.438 e. The van der Waals surface area contributed by atoms with Crippen molar-refractivity contribution in [3.63, 3.8) is 0 Å². The number of amides is 1. The summed E-state index contributed by atoms with van der Waals surface area (Å²) < 4.78 is 5.93. The molecule has 0 unspecified atom stereocenters. The fourth-order valence-electron chi connectivity index (χ4n) is 2.45. The molecule has 0 saturated carbocycles. The molecule has 1 amide bonds. The van der Waals surface area contributed by atoms with E-state index in [-0.39, 0.29) is 5.91 Å². The number of ether oxygens (including phenoxy) is 1. The number of aryl methyl sites for hydroxylation is 1. The maximum absolute atomic E-state index is 12.1. The van der Waals surface area contributed by atoms with Gasteiger partial charge in [0.05, 0.1) is 10.9 Å². The Hall–Kier alpha value is -2.77. The number of hydrogen-bond acceptors (Lipinski definition) is 6. The number of rotatable bonds is 5. The summed E-state index contributed by atoms with van der Waals surface area (Å²) in [5.74, 6) is 1.08. The molecule has 7 heteroatoms. The minimum absolute atomic E-state index is 0.122. The summed E-state index contributed by atoms with van der Waals surface area (Å²) in [7, 11) is 0. The van der Waals surface area contributed by atoms with Gasteiger partial charge in [-0.25, -0.2) is 9.97 Å². The van der Waals surface area contributed by atoms with Crippen LogP contribution in [0.15, 0.2) is 53.5 Å². The number of thiophene rings is 2. The second-order valence-corrected chi connectivity index (χ2v) is 7.45. The minimum atomic E-state index is -0.122. The molecule has 0 bridgehead atoms. The second-order valence-electron chi connectivity index (χ2n) is 5.56. The van der Waals surface area contributed by atoms with Crippen molar-refractivity contribution in [1.29, 1.82) is 0 Å². The lowest BCUT2D eigenvalue weighted by Gasteiger charge is -2.07. The summed E-state index contributed by atoms with van der Waals surface area (Å²) in [4.78, 5) is 22.8. The molecule has 3 aromatic heterocycles. The van der Waals surface area contributed by atoms with E-state index in [4.69, 9.17) is 4.74 Å². The van der Waals surface area contributed by atoms with Crippen LogP contribution in [0.1, 0.15) is 22.2 Å². The third kappa shape index (κ3) is 3.44. The molecule has 0 aliphatic heterocycles. The molecular formula is C19H15N3O2S2. The Morgan fingerprint density at radius 2 is 2.04 bits per heavy atom. The van der Waals surface area contributed by atoms with Crippen molar-refractivity contribution in [3.8, 4) is 11.6 Å². The summed E-state index contributed by atoms with van der Waals surface area (Å²) in [6.45, 7) is 2.11. The highest BCUT2D eigenvalue weighted by Crippen LogP contribution is 2.32. The van der Waals surface area contributed by atoms with Crippen LogP contribution in [0, 0.1) is 0 Å². The van der Waals surface area contributed by atoms with Gasteiger partial charge in [0.25, 0.3) is 5.91 Å². The smallest absolute Gasteiger partial charge is 0.256 e. The highest BCUT2D eigenvalue weighted by atomic mass is 32.1. The van der Waals surface area contributed by atoms with Crippen molar-refractivity contribution in [2.75, 3.05) is 5.32 Å². The zero-order valence-electron chi connectivity index (χ0n) is 13.9. The Balaban J connectivity index is 1.51. The van der Waals surface area contributed by atoms with Gasteiger partial charge < -0.3 is 10.1 Å². The van der Waals surface area contributed by atoms with Crippen LogP contribution in [0.25, 0.3) is 10.2 Å². The number of carbonyl (C=O) groups excluding carboxylic acids is 1. The summed E-state index contributed by atoms with van der Waals surface area (Å²) in [5.41, 5.74) is 1.37. The molecule has 26 heavy (non-hydrogen) atoms. The molecule has 3 heterocycles. The molecule has 0 fully saturated rings. The molecule has 0 radical (unpaired) electrons. The van der Waals surface area contributed by atoms with Crippen molar-refractivity contribution < 1.29 is 9.53 Å². The van der Waals surface area contributed by atoms with E-state index in [9.17, 15) is 4.79 Å². The fourth-order valence-corrected chi connectivity index (χ4v) is 4.02. The lowest BCUT2D eigenvalue weighted by molar-refractivity contribution is 0.102. The summed E-state index contributed by atoms with van der Waals surface area (Å²) in [6, 6.07) is 11.1. The van der Waals surface area contributed by atoms with Gasteiger partial charge in [0.15, 0.2) is 0 Å². The third-order valence-corrected chi connectivity index (χ3v) is 5.67. The average Bonchev–Trinajstić information content (AvgIpc) is 3.33. The van der Waals surface area contributed by atoms with E-state index in [0.29, 0.717) is 22.9 Å². The first-order valence-corrected chi connectivity index (χ1v) is 9.84. The van der Waals surface area contributed by atoms with Crippen molar-refractivity contribution >= 4 is 44.5 Å². The zero-order chi connectivity index (χ0) is 17.9. The van der Waals surface area contributed by atoms with Crippen molar-refractivity contribution in [2.24, 2.45) is 0 Å². The highest BCUT2D eigenvalue weighted by molar-refractivity contribution is 7.18. The van der Waals surface area contributed by atoms with Gasteiger partial charge in [-0.1, -0.05) is 6.92 Å². The monoisotopic (exact) mass is 381 g/mol. The fraction of sp³-hybridized carbons (Fsp3) is 0.105. The maximum atomic E-state index is 12.1. The van der Waals surface area contributed by atoms with Crippen LogP contribution in [-0.2, 0) is 6.42 Å². The predicted octanol–water partition coefficient (Wildman–Crippen LogP) is 5.36. The maximum Gasteiger partial charge on any atom is 0.256 e. The van der Waals surface area contributed by atoms with Gasteiger partial charge in [-0.05, 0) is 48.2 Å². The number of carbonyl (C=O) groups is 1. The van der Waals surface area contributed by atoms with Crippen LogP contribution < -0.4 is 10.1 Å². The van der Waals surface area contributed by atoms with Crippen LogP contribution in [0.5, 0.6) is 11.6 Å². The van der Waals surface area contributed by atoms with E-state index >= 15 is 0 Å². The lowest BCUT2D eigenvalue weighted by atomic mass is 10.2. The van der Waals surface area contributed by atoms with E-state index < -0.39 is 0 Å². The Morgan fingerprint density at radius 3 is 2.77 bits per heavy atom. The van der Waals surface area contributed by atoms with Gasteiger partial charge in [-0.15, -0.1) is 11.3 Å². The van der Waals surface area contributed by atoms with Crippen molar-refractivity contribution in [3.05, 3.63) is 63.9 Å². The first kappa shape index (κ1) is 16.7. The molecule has 1 aromatic carbocycles. The minimum Gasteiger partial charge on any atom is -0.438 e. The van der Waals surface area contributed by atoms with Crippen LogP contribution in [0.4, 0.5) is 5.69 Å². The van der Waals surface area contributed by atoms with Crippen LogP contribution in [0.2, 0.25) is 0 Å². The number of nitrogens with one attached hydrogen (secondary N) is 1. The Bertz CT molecular complexity index is 1040. The molecule has 0 saturated heterocycles. The summed E-state index contributed by atoms with van der Waals surface area (Å²) >= 11 is 3.15. The molecule has 4 aromatic rings. The van der Waals surface area contributed by atoms with Crippen LogP contribution in [-0.4, -0.2) is 15.9 Å². The molecule has 130 valence electrons. The van der Waals surface area contributed by atoms with Gasteiger partial charge in [0.2, 0.25) is 5.88 Å². The zero-order valence-corrected chi connectivity index (χ0v) is 15.6. The standard InChI is InChI=1S/C19H15N3O2S2/c1-2-15-9-16-18(20-11-21-19(16)26-15)24-14-5-3-13(4-6-14)22-17(23)12-7-8-25-10-12/h3-11H,2H2,1H3,(H,22,23). The number of benzene rings is 1. The number of fused-ring (bicyclic) bond motifs is 1. The van der Waals surface area contributed by atoms with Crippen LogP contribution in [0.3, 0.4) is 0 Å². The highest BCUT2D eigenvalue weighted by Gasteiger charge is 2.11. The summed E-state index contributed by atoms with van der Waals surface area (Å²) in [6.07, 6.45) is 2.47. The molecule has 5 nitrogen and oxygen atoms in total. The Labute approximate surface area is 158 Å². The second kappa shape index (κ2) is 7.23. The molecule has 0 spiro atoms. The predicted molar refractivity (Wildman–Crippen MR) is 106 cm³/mol. The van der Waals surface area contributed by atoms with E-state index in [1.54, 1.807) is 17.4 Å². The number of anilines is 1. The first-order valence-electron chi connectivity index (χ1n) is 8.08. The van der Waals surface area contributed by atoms with Crippen LogP contribution >= 0.6 is 22.7 Å². The van der Waals surface area contributed by atoms with E-state index in [1.165, 1.54) is 22.5 Å². The molecule has 4 rings (SSSR count). The normalized spacial score (nSPS) is 10.8. The average molecular weight is 381 g/mol. The van der Waals surface area contributed by atoms with Crippen molar-refractivity contribution in [2.45, 2.75) is 13.3 Å². The molecule has 0 aliphatic carbocycles. The van der Waals surface area contributed by atoms with Gasteiger partial charge in [0, 0.05) is 15.9 Å². The lowest BCUT2D eigenvalue weighted by Crippen LogP contribution is -2.10. The molecule has 0 aliphatic rings. The Morgan fingerprint density at radius 1 is 1.19 bits per heavy atom. The van der Waals surface area contributed by atoms with E-state index in [1.807, 2.05) is 35.0 Å². The van der Waals surface area contributed by atoms with Gasteiger partial charge in [0.1, 0.15) is 16.9 Å². The molecule has 1 N–H and O–H groups in total. The van der Waals surface area contributed by atoms with Gasteiger partial charge in [-0.3, -0.25) is 4.79 Å². The number of hydrogen-bond donors (Lipinski definition) is 1. The quantitative estimate of drug-likeness (QED) is 0.505. The number of aromatic nitrogens is 2. The topological polar surface area (TPSA) is 64.1 Å². The third-order valence-electron chi connectivity index (χ3n) is 3.80. The number of nitrogens with zero attached hydrogens (tertiary/aromatic N) is 2. The SMILES string of the molecule is CCc1cc2c(Oc3ccc(NC(=O)c4ccsc4)cc3)ncnc2s1. The first-order chi connectivity index (χ1) is 12.7. The van der Waals surface area contributed by atoms with E-state index in [0.717, 1.165) is 16.6 Å². The van der Waals surface area contributed by atoms with Crippen molar-refractivity contribution in [1.82, 2.24) is 9.97 Å².